The van der Waals surface area contributed by atoms with Crippen LogP contribution in [0.2, 0.25) is 5.02 Å². The molecule has 0 saturated heterocycles. The largest absolute Gasteiger partial charge is 0.573 e. The molecule has 0 aliphatic heterocycles. The minimum atomic E-state index is -4.74. The topological polar surface area (TPSA) is 35.2 Å². The summed E-state index contributed by atoms with van der Waals surface area (Å²) in [5.41, 5.74) is 6.46. The minimum absolute atomic E-state index is 0.307. The van der Waals surface area contributed by atoms with Gasteiger partial charge in [-0.2, -0.15) is 0 Å². The summed E-state index contributed by atoms with van der Waals surface area (Å²) in [5, 5.41) is 0.506. The zero-order valence-corrected chi connectivity index (χ0v) is 11.9. The highest BCUT2D eigenvalue weighted by molar-refractivity contribution is 6.30. The molecule has 2 nitrogen and oxygen atoms in total. The number of halogens is 4. The van der Waals surface area contributed by atoms with Gasteiger partial charge in [-0.25, -0.2) is 0 Å². The average molecular weight is 316 g/mol. The molecule has 0 saturated carbocycles. The molecular formula is C15H13ClF3NO. The third-order valence-corrected chi connectivity index (χ3v) is 3.33. The van der Waals surface area contributed by atoms with Gasteiger partial charge in [-0.1, -0.05) is 35.9 Å². The van der Waals surface area contributed by atoms with Crippen LogP contribution in [-0.2, 0) is 5.54 Å². The molecule has 0 aliphatic rings. The van der Waals surface area contributed by atoms with Crippen LogP contribution in [0, 0.1) is 0 Å². The van der Waals surface area contributed by atoms with E-state index in [1.165, 1.54) is 18.2 Å². The predicted molar refractivity (Wildman–Crippen MR) is 75.2 cm³/mol. The highest BCUT2D eigenvalue weighted by atomic mass is 35.5. The summed E-state index contributed by atoms with van der Waals surface area (Å²) < 4.78 is 40.7. The number of benzene rings is 2. The Morgan fingerprint density at radius 2 is 1.57 bits per heavy atom. The van der Waals surface area contributed by atoms with Gasteiger partial charge >= 0.3 is 6.36 Å². The fourth-order valence-corrected chi connectivity index (χ4v) is 2.18. The maximum atomic E-state index is 12.3. The number of nitrogens with two attached hydrogens (primary N) is 1. The van der Waals surface area contributed by atoms with E-state index in [1.807, 2.05) is 0 Å². The maximum absolute atomic E-state index is 12.3. The van der Waals surface area contributed by atoms with E-state index in [0.29, 0.717) is 16.1 Å². The van der Waals surface area contributed by atoms with Gasteiger partial charge in [0, 0.05) is 5.02 Å². The predicted octanol–water partition coefficient (Wildman–Crippen LogP) is 4.46. The van der Waals surface area contributed by atoms with Crippen molar-refractivity contribution in [2.24, 2.45) is 5.73 Å². The van der Waals surface area contributed by atoms with Crippen molar-refractivity contribution in [1.82, 2.24) is 0 Å². The van der Waals surface area contributed by atoms with Crippen molar-refractivity contribution in [3.05, 3.63) is 64.7 Å². The lowest BCUT2D eigenvalue weighted by molar-refractivity contribution is -0.274. The Morgan fingerprint density at radius 3 is 2.14 bits per heavy atom. The van der Waals surface area contributed by atoms with Crippen molar-refractivity contribution in [2.75, 3.05) is 0 Å². The molecule has 2 rings (SSSR count). The van der Waals surface area contributed by atoms with Gasteiger partial charge in [0.25, 0.3) is 0 Å². The fraction of sp³-hybridized carbons (Fsp3) is 0.200. The molecule has 21 heavy (non-hydrogen) atoms. The highest BCUT2D eigenvalue weighted by Gasteiger charge is 2.32. The van der Waals surface area contributed by atoms with Crippen molar-refractivity contribution in [2.45, 2.75) is 18.8 Å². The molecule has 0 amide bonds. The van der Waals surface area contributed by atoms with E-state index in [9.17, 15) is 13.2 Å². The molecule has 1 unspecified atom stereocenters. The van der Waals surface area contributed by atoms with Crippen LogP contribution in [0.5, 0.6) is 5.75 Å². The Bertz CT molecular complexity index is 641. The molecule has 0 aliphatic carbocycles. The van der Waals surface area contributed by atoms with Gasteiger partial charge < -0.3 is 10.5 Å². The number of ether oxygens (including phenoxy) is 1. The quantitative estimate of drug-likeness (QED) is 0.907. The Balaban J connectivity index is 2.38. The van der Waals surface area contributed by atoms with E-state index in [0.717, 1.165) is 0 Å². The number of hydrogen-bond acceptors (Lipinski definition) is 2. The van der Waals surface area contributed by atoms with E-state index in [4.69, 9.17) is 17.3 Å². The molecule has 6 heteroatoms. The fourth-order valence-electron chi connectivity index (χ4n) is 1.99. The van der Waals surface area contributed by atoms with Crippen molar-refractivity contribution < 1.29 is 17.9 Å². The van der Waals surface area contributed by atoms with Crippen LogP contribution in [0.1, 0.15) is 18.1 Å². The van der Waals surface area contributed by atoms with Crippen LogP contribution in [0.25, 0.3) is 0 Å². The van der Waals surface area contributed by atoms with E-state index in [-0.39, 0.29) is 5.75 Å². The molecule has 2 aromatic carbocycles. The maximum Gasteiger partial charge on any atom is 0.573 e. The lowest BCUT2D eigenvalue weighted by Crippen LogP contribution is -2.34. The average Bonchev–Trinajstić information content (AvgIpc) is 2.37. The molecule has 0 radical (unpaired) electrons. The Labute approximate surface area is 125 Å². The number of alkyl halides is 3. The SMILES string of the molecule is CC(N)(c1cccc(Cl)c1)c1cccc(OC(F)(F)F)c1. The van der Waals surface area contributed by atoms with Gasteiger partial charge in [0.1, 0.15) is 5.75 Å². The highest BCUT2D eigenvalue weighted by Crippen LogP contribution is 2.31. The Kier molecular flexibility index (Phi) is 4.16. The smallest absolute Gasteiger partial charge is 0.406 e. The van der Waals surface area contributed by atoms with Gasteiger partial charge in [0.15, 0.2) is 0 Å². The molecule has 0 bridgehead atoms. The van der Waals surface area contributed by atoms with E-state index in [2.05, 4.69) is 4.74 Å². The lowest BCUT2D eigenvalue weighted by atomic mass is 9.86. The summed E-state index contributed by atoms with van der Waals surface area (Å²) in [6.07, 6.45) is -4.74. The monoisotopic (exact) mass is 315 g/mol. The molecule has 0 fully saturated rings. The van der Waals surface area contributed by atoms with Gasteiger partial charge in [0.2, 0.25) is 0 Å². The minimum Gasteiger partial charge on any atom is -0.406 e. The normalized spacial score (nSPS) is 14.6. The summed E-state index contributed by atoms with van der Waals surface area (Å²) in [5.74, 6) is -0.307. The summed E-state index contributed by atoms with van der Waals surface area (Å²) >= 11 is 5.93. The van der Waals surface area contributed by atoms with Crippen LogP contribution in [-0.4, -0.2) is 6.36 Å². The molecule has 0 heterocycles. The van der Waals surface area contributed by atoms with Gasteiger partial charge in [-0.3, -0.25) is 0 Å². The van der Waals surface area contributed by atoms with Gasteiger partial charge in [-0.05, 0) is 42.3 Å². The zero-order valence-electron chi connectivity index (χ0n) is 11.1. The second kappa shape index (κ2) is 5.58. The molecule has 112 valence electrons. The Morgan fingerprint density at radius 1 is 1.00 bits per heavy atom. The first-order valence-corrected chi connectivity index (χ1v) is 6.47. The molecular weight excluding hydrogens is 303 g/mol. The third-order valence-electron chi connectivity index (χ3n) is 3.09. The van der Waals surface area contributed by atoms with Crippen LogP contribution in [0.4, 0.5) is 13.2 Å². The van der Waals surface area contributed by atoms with Crippen LogP contribution in [0.3, 0.4) is 0 Å². The van der Waals surface area contributed by atoms with E-state index >= 15 is 0 Å². The van der Waals surface area contributed by atoms with E-state index in [1.54, 1.807) is 37.3 Å². The van der Waals surface area contributed by atoms with Crippen molar-refractivity contribution >= 4 is 11.6 Å². The lowest BCUT2D eigenvalue weighted by Gasteiger charge is -2.26. The third kappa shape index (κ3) is 3.89. The summed E-state index contributed by atoms with van der Waals surface area (Å²) in [4.78, 5) is 0. The Hall–Kier alpha value is -1.72. The van der Waals surface area contributed by atoms with Gasteiger partial charge in [0.05, 0.1) is 5.54 Å². The van der Waals surface area contributed by atoms with E-state index < -0.39 is 11.9 Å². The summed E-state index contributed by atoms with van der Waals surface area (Å²) in [6, 6.07) is 12.5. The first-order chi connectivity index (χ1) is 9.68. The second-order valence-electron chi connectivity index (χ2n) is 4.79. The van der Waals surface area contributed by atoms with Gasteiger partial charge in [-0.15, -0.1) is 13.2 Å². The van der Waals surface area contributed by atoms with Crippen molar-refractivity contribution in [3.8, 4) is 5.75 Å². The molecule has 1 atom stereocenters. The summed E-state index contributed by atoms with van der Waals surface area (Å²) in [6.45, 7) is 1.70. The van der Waals surface area contributed by atoms with Crippen LogP contribution < -0.4 is 10.5 Å². The number of rotatable bonds is 3. The number of hydrogen-bond donors (Lipinski definition) is 1. The van der Waals surface area contributed by atoms with Crippen molar-refractivity contribution in [3.63, 3.8) is 0 Å². The second-order valence-corrected chi connectivity index (χ2v) is 5.22. The summed E-state index contributed by atoms with van der Waals surface area (Å²) in [7, 11) is 0. The first kappa shape index (κ1) is 15.7. The molecule has 2 N–H and O–H groups in total. The van der Waals surface area contributed by atoms with Crippen molar-refractivity contribution in [1.29, 1.82) is 0 Å². The first-order valence-electron chi connectivity index (χ1n) is 6.10. The molecule has 0 aromatic heterocycles. The standard InChI is InChI=1S/C15H13ClF3NO/c1-14(20,10-4-2-6-12(16)8-10)11-5-3-7-13(9-11)21-15(17,18)19/h2-9H,20H2,1H3. The zero-order chi connectivity index (χ0) is 15.7. The molecule has 0 spiro atoms. The van der Waals surface area contributed by atoms with Crippen LogP contribution in [0.15, 0.2) is 48.5 Å². The van der Waals surface area contributed by atoms with Crippen LogP contribution >= 0.6 is 11.6 Å². The molecule has 2 aromatic rings.